The highest BCUT2D eigenvalue weighted by atomic mass is 35.5. The summed E-state index contributed by atoms with van der Waals surface area (Å²) < 4.78 is 0. The monoisotopic (exact) mass is 394 g/mol. The Morgan fingerprint density at radius 1 is 1.00 bits per heavy atom. The Morgan fingerprint density at radius 2 is 1.58 bits per heavy atom. The Labute approximate surface area is 164 Å². The number of nitrogens with one attached hydrogen (secondary N) is 1. The van der Waals surface area contributed by atoms with Gasteiger partial charge in [0, 0.05) is 13.1 Å². The number of unbranched alkanes of at least 4 members (excludes halogenated alkanes) is 7. The molecular formula is C18H39ClN4O3. The Hall–Kier alpha value is -1.05. The molecule has 2 atom stereocenters. The summed E-state index contributed by atoms with van der Waals surface area (Å²) in [7, 11) is 0. The largest absolute Gasteiger partial charge is 0.480 e. The number of carboxylic acids is 1. The van der Waals surface area contributed by atoms with Crippen molar-refractivity contribution in [2.24, 2.45) is 16.5 Å². The minimum atomic E-state index is -0.913. The first-order valence-corrected chi connectivity index (χ1v) is 9.67. The highest BCUT2D eigenvalue weighted by molar-refractivity contribution is 5.85. The Bertz CT molecular complexity index is 366. The Kier molecular flexibility index (Phi) is 19.6. The molecule has 26 heavy (non-hydrogen) atoms. The van der Waals surface area contributed by atoms with Crippen molar-refractivity contribution < 1.29 is 15.0 Å². The fraction of sp³-hybridized carbons (Fsp3) is 0.889. The normalized spacial score (nSPS) is 12.8. The van der Waals surface area contributed by atoms with Gasteiger partial charge in [-0.3, -0.25) is 9.79 Å². The van der Waals surface area contributed by atoms with E-state index in [-0.39, 0.29) is 18.4 Å². The number of nitrogens with zero attached hydrogens (tertiary/aromatic N) is 1. The van der Waals surface area contributed by atoms with Gasteiger partial charge in [-0.2, -0.15) is 0 Å². The van der Waals surface area contributed by atoms with Crippen molar-refractivity contribution in [3.8, 4) is 0 Å². The number of rotatable bonds is 17. The highest BCUT2D eigenvalue weighted by Gasteiger charge is 2.17. The van der Waals surface area contributed by atoms with E-state index in [9.17, 15) is 15.0 Å². The third kappa shape index (κ3) is 17.8. The molecule has 0 saturated carbocycles. The van der Waals surface area contributed by atoms with Gasteiger partial charge in [0.25, 0.3) is 0 Å². The number of carbonyl (C=O) groups is 1. The number of aliphatic carboxylic acids is 1. The van der Waals surface area contributed by atoms with Crippen LogP contribution in [0.4, 0.5) is 0 Å². The molecule has 7 N–H and O–H groups in total. The zero-order valence-electron chi connectivity index (χ0n) is 16.2. The summed E-state index contributed by atoms with van der Waals surface area (Å²) in [6, 6.07) is -0.678. The predicted octanol–water partition coefficient (Wildman–Crippen LogP) is 2.40. The van der Waals surface area contributed by atoms with Gasteiger partial charge in [-0.05, 0) is 19.3 Å². The summed E-state index contributed by atoms with van der Waals surface area (Å²) in [5.74, 6) is -0.899. The SMILES string of the molecule is CCCCCCCCCCC(O)CN[C@@H](CCCN=C(N)N)C(=O)O.Cl. The maximum atomic E-state index is 11.2. The number of aliphatic imine (C=N–C) groups is 1. The van der Waals surface area contributed by atoms with Crippen LogP contribution in [0, 0.1) is 0 Å². The van der Waals surface area contributed by atoms with E-state index in [1.165, 1.54) is 38.5 Å². The zero-order chi connectivity index (χ0) is 18.9. The lowest BCUT2D eigenvalue weighted by molar-refractivity contribution is -0.139. The van der Waals surface area contributed by atoms with Gasteiger partial charge in [0.15, 0.2) is 5.96 Å². The summed E-state index contributed by atoms with van der Waals surface area (Å²) >= 11 is 0. The maximum absolute atomic E-state index is 11.2. The number of aliphatic hydroxyl groups excluding tert-OH is 1. The molecule has 0 rings (SSSR count). The molecule has 1 unspecified atom stereocenters. The smallest absolute Gasteiger partial charge is 0.320 e. The van der Waals surface area contributed by atoms with Crippen molar-refractivity contribution in [2.45, 2.75) is 89.7 Å². The van der Waals surface area contributed by atoms with Crippen LogP contribution >= 0.6 is 12.4 Å². The number of hydrogen-bond acceptors (Lipinski definition) is 4. The molecule has 0 radical (unpaired) electrons. The maximum Gasteiger partial charge on any atom is 0.320 e. The second kappa shape index (κ2) is 18.7. The first kappa shape index (κ1) is 27.2. The van der Waals surface area contributed by atoms with Crippen LogP contribution in [0.1, 0.15) is 77.6 Å². The van der Waals surface area contributed by atoms with Crippen LogP contribution in [0.2, 0.25) is 0 Å². The van der Waals surface area contributed by atoms with E-state index in [4.69, 9.17) is 11.5 Å². The summed E-state index contributed by atoms with van der Waals surface area (Å²) in [4.78, 5) is 15.1. The van der Waals surface area contributed by atoms with Crippen molar-refractivity contribution >= 4 is 24.3 Å². The minimum absolute atomic E-state index is 0. The molecule has 8 heteroatoms. The van der Waals surface area contributed by atoms with E-state index in [1.807, 2.05) is 0 Å². The minimum Gasteiger partial charge on any atom is -0.480 e. The average Bonchev–Trinajstić information content (AvgIpc) is 2.55. The standard InChI is InChI=1S/C18H38N4O3.ClH/c1-2-3-4-5-6-7-8-9-11-15(23)14-22-16(17(24)25)12-10-13-21-18(19)20;/h15-16,22-23H,2-14H2,1H3,(H,24,25)(H4,19,20,21);1H/t15?,16-;/m0./s1. The van der Waals surface area contributed by atoms with Crippen LogP contribution in [-0.2, 0) is 4.79 Å². The number of carboxylic acid groups (broad SMARTS) is 1. The van der Waals surface area contributed by atoms with Gasteiger partial charge in [0.2, 0.25) is 0 Å². The number of nitrogens with two attached hydrogens (primary N) is 2. The molecule has 0 heterocycles. The molecule has 0 aromatic heterocycles. The lowest BCUT2D eigenvalue weighted by atomic mass is 10.1. The van der Waals surface area contributed by atoms with Crippen molar-refractivity contribution in [1.29, 1.82) is 0 Å². The molecule has 0 aliphatic carbocycles. The molecule has 156 valence electrons. The summed E-state index contributed by atoms with van der Waals surface area (Å²) in [5, 5.41) is 22.1. The van der Waals surface area contributed by atoms with Crippen LogP contribution in [0.15, 0.2) is 4.99 Å². The first-order valence-electron chi connectivity index (χ1n) is 9.67. The number of guanidine groups is 1. The fourth-order valence-corrected chi connectivity index (χ4v) is 2.71. The molecule has 7 nitrogen and oxygen atoms in total. The average molecular weight is 395 g/mol. The summed E-state index contributed by atoms with van der Waals surface area (Å²) in [5.41, 5.74) is 10.5. The van der Waals surface area contributed by atoms with Crippen molar-refractivity contribution in [1.82, 2.24) is 5.32 Å². The quantitative estimate of drug-likeness (QED) is 0.146. The lowest BCUT2D eigenvalue weighted by Crippen LogP contribution is -2.41. The van der Waals surface area contributed by atoms with Crippen molar-refractivity contribution in [2.75, 3.05) is 13.1 Å². The van der Waals surface area contributed by atoms with Crippen molar-refractivity contribution in [3.05, 3.63) is 0 Å². The summed E-state index contributed by atoms with van der Waals surface area (Å²) in [6.07, 6.45) is 11.0. The number of hydrogen-bond donors (Lipinski definition) is 5. The second-order valence-electron chi connectivity index (χ2n) is 6.67. The van der Waals surface area contributed by atoms with Gasteiger partial charge in [0.1, 0.15) is 6.04 Å². The molecule has 0 aliphatic rings. The first-order chi connectivity index (χ1) is 12.0. The van der Waals surface area contributed by atoms with Crippen LogP contribution < -0.4 is 16.8 Å². The van der Waals surface area contributed by atoms with Gasteiger partial charge in [0.05, 0.1) is 6.10 Å². The lowest BCUT2D eigenvalue weighted by Gasteiger charge is -2.17. The van der Waals surface area contributed by atoms with Gasteiger partial charge in [-0.25, -0.2) is 0 Å². The Morgan fingerprint density at radius 3 is 2.12 bits per heavy atom. The van der Waals surface area contributed by atoms with Gasteiger partial charge in [-0.1, -0.05) is 58.3 Å². The van der Waals surface area contributed by atoms with E-state index < -0.39 is 18.1 Å². The zero-order valence-corrected chi connectivity index (χ0v) is 17.0. The summed E-state index contributed by atoms with van der Waals surface area (Å²) in [6.45, 7) is 2.93. The van der Waals surface area contributed by atoms with Crippen LogP contribution in [0.3, 0.4) is 0 Å². The third-order valence-electron chi connectivity index (χ3n) is 4.23. The van der Waals surface area contributed by atoms with E-state index in [0.717, 1.165) is 12.8 Å². The van der Waals surface area contributed by atoms with Gasteiger partial charge >= 0.3 is 5.97 Å². The molecule has 0 spiro atoms. The van der Waals surface area contributed by atoms with Gasteiger partial charge < -0.3 is 27.0 Å². The molecule has 0 aromatic carbocycles. The highest BCUT2D eigenvalue weighted by Crippen LogP contribution is 2.10. The Balaban J connectivity index is 0. The van der Waals surface area contributed by atoms with Gasteiger partial charge in [-0.15, -0.1) is 12.4 Å². The predicted molar refractivity (Wildman–Crippen MR) is 110 cm³/mol. The second-order valence-corrected chi connectivity index (χ2v) is 6.67. The number of aliphatic hydroxyl groups is 1. The molecule has 0 aliphatic heterocycles. The molecular weight excluding hydrogens is 356 g/mol. The molecule has 0 bridgehead atoms. The topological polar surface area (TPSA) is 134 Å². The molecule has 0 aromatic rings. The molecule has 0 amide bonds. The van der Waals surface area contributed by atoms with E-state index in [0.29, 0.717) is 32.4 Å². The van der Waals surface area contributed by atoms with Crippen LogP contribution in [0.25, 0.3) is 0 Å². The van der Waals surface area contributed by atoms with E-state index in [2.05, 4.69) is 17.2 Å². The molecule has 0 fully saturated rings. The third-order valence-corrected chi connectivity index (χ3v) is 4.23. The fourth-order valence-electron chi connectivity index (χ4n) is 2.71. The van der Waals surface area contributed by atoms with Crippen LogP contribution in [-0.4, -0.2) is 47.4 Å². The number of halogens is 1. The van der Waals surface area contributed by atoms with Crippen molar-refractivity contribution in [3.63, 3.8) is 0 Å². The van der Waals surface area contributed by atoms with E-state index in [1.54, 1.807) is 0 Å². The van der Waals surface area contributed by atoms with Crippen LogP contribution in [0.5, 0.6) is 0 Å². The van der Waals surface area contributed by atoms with E-state index >= 15 is 0 Å². The molecule has 0 saturated heterocycles.